The van der Waals surface area contributed by atoms with Crippen LogP contribution in [0.4, 0.5) is 0 Å². The Kier molecular flexibility index (Phi) is 4.67. The number of benzene rings is 1. The number of carboxylic acids is 1. The molecule has 0 fully saturated rings. The van der Waals surface area contributed by atoms with E-state index in [4.69, 9.17) is 22.4 Å². The molecule has 1 aromatic rings. The van der Waals surface area contributed by atoms with E-state index in [2.05, 4.69) is 5.32 Å². The standard InChI is InChI=1S/C11H11ClN2O4/c12-7-3-1-6(2-4-7)10(16)14-8(11(17)18)5-9(13)15/h1-4,8H,5H2,(H2,13,15)(H,14,16)(H,17,18). The quantitative estimate of drug-likeness (QED) is 0.719. The van der Waals surface area contributed by atoms with Crippen LogP contribution < -0.4 is 11.1 Å². The Hall–Kier alpha value is -2.08. The molecule has 18 heavy (non-hydrogen) atoms. The van der Waals surface area contributed by atoms with Crippen molar-refractivity contribution in [1.29, 1.82) is 0 Å². The molecule has 0 heterocycles. The minimum Gasteiger partial charge on any atom is -0.480 e. The van der Waals surface area contributed by atoms with Gasteiger partial charge < -0.3 is 16.2 Å². The molecule has 0 aliphatic rings. The zero-order chi connectivity index (χ0) is 13.7. The Balaban J connectivity index is 2.75. The lowest BCUT2D eigenvalue weighted by molar-refractivity contribution is -0.140. The lowest BCUT2D eigenvalue weighted by Gasteiger charge is -2.12. The average Bonchev–Trinajstić information content (AvgIpc) is 2.28. The maximum atomic E-state index is 11.7. The number of nitrogens with two attached hydrogens (primary N) is 1. The smallest absolute Gasteiger partial charge is 0.326 e. The Labute approximate surface area is 108 Å². The molecule has 0 spiro atoms. The van der Waals surface area contributed by atoms with Gasteiger partial charge in [0.2, 0.25) is 5.91 Å². The van der Waals surface area contributed by atoms with E-state index in [0.717, 1.165) is 0 Å². The number of aliphatic carboxylic acids is 1. The highest BCUT2D eigenvalue weighted by molar-refractivity contribution is 6.30. The van der Waals surface area contributed by atoms with Crippen molar-refractivity contribution in [2.75, 3.05) is 0 Å². The molecule has 1 unspecified atom stereocenters. The number of nitrogens with one attached hydrogen (secondary N) is 1. The van der Waals surface area contributed by atoms with Gasteiger partial charge in [-0.2, -0.15) is 0 Å². The first kappa shape index (κ1) is 14.0. The Morgan fingerprint density at radius 3 is 2.28 bits per heavy atom. The summed E-state index contributed by atoms with van der Waals surface area (Å²) in [4.78, 5) is 33.2. The van der Waals surface area contributed by atoms with Gasteiger partial charge in [-0.05, 0) is 24.3 Å². The predicted molar refractivity (Wildman–Crippen MR) is 64.2 cm³/mol. The van der Waals surface area contributed by atoms with Gasteiger partial charge in [0.05, 0.1) is 6.42 Å². The van der Waals surface area contributed by atoms with Crippen LogP contribution in [-0.4, -0.2) is 28.9 Å². The fourth-order valence-corrected chi connectivity index (χ4v) is 1.37. The van der Waals surface area contributed by atoms with Gasteiger partial charge in [0.1, 0.15) is 6.04 Å². The van der Waals surface area contributed by atoms with Crippen LogP contribution in [-0.2, 0) is 9.59 Å². The molecule has 2 amide bonds. The van der Waals surface area contributed by atoms with E-state index in [1.165, 1.54) is 24.3 Å². The summed E-state index contributed by atoms with van der Waals surface area (Å²) in [6.07, 6.45) is -0.464. The summed E-state index contributed by atoms with van der Waals surface area (Å²) < 4.78 is 0. The SMILES string of the molecule is NC(=O)CC(NC(=O)c1ccc(Cl)cc1)C(=O)O. The second-order valence-corrected chi connectivity index (χ2v) is 3.98. The molecule has 1 rings (SSSR count). The van der Waals surface area contributed by atoms with Crippen molar-refractivity contribution in [3.8, 4) is 0 Å². The number of hydrogen-bond donors (Lipinski definition) is 3. The van der Waals surface area contributed by atoms with Crippen LogP contribution in [0.3, 0.4) is 0 Å². The van der Waals surface area contributed by atoms with Gasteiger partial charge >= 0.3 is 5.97 Å². The molecule has 7 heteroatoms. The summed E-state index contributed by atoms with van der Waals surface area (Å²) in [6, 6.07) is 4.55. The third-order valence-corrected chi connectivity index (χ3v) is 2.37. The molecule has 0 bridgehead atoms. The molecule has 1 atom stereocenters. The van der Waals surface area contributed by atoms with Gasteiger partial charge in [-0.25, -0.2) is 4.79 Å². The van der Waals surface area contributed by atoms with Crippen molar-refractivity contribution < 1.29 is 19.5 Å². The molecular weight excluding hydrogens is 260 g/mol. The minimum absolute atomic E-state index is 0.245. The molecule has 0 aliphatic heterocycles. The van der Waals surface area contributed by atoms with Crippen molar-refractivity contribution in [1.82, 2.24) is 5.32 Å². The first-order valence-corrected chi connectivity index (χ1v) is 5.35. The Bertz CT molecular complexity index is 472. The highest BCUT2D eigenvalue weighted by atomic mass is 35.5. The first-order valence-electron chi connectivity index (χ1n) is 4.97. The topological polar surface area (TPSA) is 109 Å². The van der Waals surface area contributed by atoms with E-state index in [9.17, 15) is 14.4 Å². The fraction of sp³-hybridized carbons (Fsp3) is 0.182. The monoisotopic (exact) mass is 270 g/mol. The van der Waals surface area contributed by atoms with Crippen molar-refractivity contribution in [2.45, 2.75) is 12.5 Å². The van der Waals surface area contributed by atoms with Gasteiger partial charge in [-0.1, -0.05) is 11.6 Å². The summed E-state index contributed by atoms with van der Waals surface area (Å²) in [5.41, 5.74) is 5.14. The normalized spacial score (nSPS) is 11.6. The van der Waals surface area contributed by atoms with E-state index < -0.39 is 30.2 Å². The highest BCUT2D eigenvalue weighted by Crippen LogP contribution is 2.09. The first-order chi connectivity index (χ1) is 8.40. The maximum Gasteiger partial charge on any atom is 0.326 e. The summed E-state index contributed by atoms with van der Waals surface area (Å²) >= 11 is 5.65. The van der Waals surface area contributed by atoms with Gasteiger partial charge in [-0.3, -0.25) is 9.59 Å². The second kappa shape index (κ2) is 6.02. The van der Waals surface area contributed by atoms with Gasteiger partial charge in [0.25, 0.3) is 5.91 Å². The summed E-state index contributed by atoms with van der Waals surface area (Å²) in [5.74, 6) is -2.74. The van der Waals surface area contributed by atoms with Crippen LogP contribution in [0.15, 0.2) is 24.3 Å². The summed E-state index contributed by atoms with van der Waals surface area (Å²) in [7, 11) is 0. The molecular formula is C11H11ClN2O4. The number of primary amides is 1. The zero-order valence-electron chi connectivity index (χ0n) is 9.22. The second-order valence-electron chi connectivity index (χ2n) is 3.54. The predicted octanol–water partition coefficient (Wildman–Crippen LogP) is 0.398. The Morgan fingerprint density at radius 2 is 1.83 bits per heavy atom. The number of rotatable bonds is 5. The maximum absolute atomic E-state index is 11.7. The average molecular weight is 271 g/mol. The molecule has 0 radical (unpaired) electrons. The van der Waals surface area contributed by atoms with E-state index in [1.54, 1.807) is 0 Å². The lowest BCUT2D eigenvalue weighted by Crippen LogP contribution is -2.43. The van der Waals surface area contributed by atoms with E-state index in [0.29, 0.717) is 5.02 Å². The molecule has 96 valence electrons. The fourth-order valence-electron chi connectivity index (χ4n) is 1.24. The van der Waals surface area contributed by atoms with Gasteiger partial charge in [-0.15, -0.1) is 0 Å². The number of hydrogen-bond acceptors (Lipinski definition) is 3. The third-order valence-electron chi connectivity index (χ3n) is 2.12. The number of carbonyl (C=O) groups excluding carboxylic acids is 2. The van der Waals surface area contributed by atoms with Crippen molar-refractivity contribution >= 4 is 29.4 Å². The molecule has 0 saturated carbocycles. The number of amides is 2. The van der Waals surface area contributed by atoms with Crippen molar-refractivity contribution in [2.24, 2.45) is 5.73 Å². The summed E-state index contributed by atoms with van der Waals surface area (Å²) in [5, 5.41) is 11.5. The van der Waals surface area contributed by atoms with Crippen LogP contribution in [0.2, 0.25) is 5.02 Å². The van der Waals surface area contributed by atoms with Crippen molar-refractivity contribution in [3.05, 3.63) is 34.9 Å². The lowest BCUT2D eigenvalue weighted by atomic mass is 10.1. The van der Waals surface area contributed by atoms with Crippen molar-refractivity contribution in [3.63, 3.8) is 0 Å². The van der Waals surface area contributed by atoms with Crippen LogP contribution in [0.5, 0.6) is 0 Å². The minimum atomic E-state index is -1.34. The molecule has 6 nitrogen and oxygen atoms in total. The van der Waals surface area contributed by atoms with Gasteiger partial charge in [0, 0.05) is 10.6 Å². The Morgan fingerprint density at radius 1 is 1.28 bits per heavy atom. The van der Waals surface area contributed by atoms with E-state index >= 15 is 0 Å². The van der Waals surface area contributed by atoms with Crippen LogP contribution >= 0.6 is 11.6 Å². The van der Waals surface area contributed by atoms with Gasteiger partial charge in [0.15, 0.2) is 0 Å². The van der Waals surface area contributed by atoms with Crippen LogP contribution in [0, 0.1) is 0 Å². The third kappa shape index (κ3) is 4.06. The zero-order valence-corrected chi connectivity index (χ0v) is 9.98. The molecule has 1 aromatic carbocycles. The number of carbonyl (C=O) groups is 3. The number of halogens is 1. The van der Waals surface area contributed by atoms with Crippen LogP contribution in [0.1, 0.15) is 16.8 Å². The van der Waals surface area contributed by atoms with E-state index in [1.807, 2.05) is 0 Å². The van der Waals surface area contributed by atoms with Crippen LogP contribution in [0.25, 0.3) is 0 Å². The number of carboxylic acid groups (broad SMARTS) is 1. The summed E-state index contributed by atoms with van der Waals surface area (Å²) in [6.45, 7) is 0. The highest BCUT2D eigenvalue weighted by Gasteiger charge is 2.22. The van der Waals surface area contributed by atoms with E-state index in [-0.39, 0.29) is 5.56 Å². The molecule has 4 N–H and O–H groups in total. The molecule has 0 aliphatic carbocycles. The largest absolute Gasteiger partial charge is 0.480 e. The molecule has 0 aromatic heterocycles. The molecule has 0 saturated heterocycles.